The van der Waals surface area contributed by atoms with Gasteiger partial charge >= 0.3 is 0 Å². The third kappa shape index (κ3) is 3.36. The van der Waals surface area contributed by atoms with E-state index < -0.39 is 9.84 Å². The summed E-state index contributed by atoms with van der Waals surface area (Å²) in [5.41, 5.74) is 1.78. The molecule has 0 spiro atoms. The standard InChI is InChI=1S/C15H18N2O4S/c1-9(12-5-7-13(8-6-12)22(4,19)20)16-15(18)14-10(2)17-21-11(14)3/h5-9H,1-4H3,(H,16,18)/t9-/m1/s1. The van der Waals surface area contributed by atoms with E-state index in [1.807, 2.05) is 6.92 Å². The molecular weight excluding hydrogens is 304 g/mol. The second kappa shape index (κ2) is 5.92. The van der Waals surface area contributed by atoms with Gasteiger partial charge in [0.15, 0.2) is 9.84 Å². The van der Waals surface area contributed by atoms with E-state index in [4.69, 9.17) is 4.52 Å². The van der Waals surface area contributed by atoms with Gasteiger partial charge in [0.1, 0.15) is 11.3 Å². The summed E-state index contributed by atoms with van der Waals surface area (Å²) in [4.78, 5) is 12.5. The van der Waals surface area contributed by atoms with Crippen LogP contribution in [0, 0.1) is 13.8 Å². The van der Waals surface area contributed by atoms with Gasteiger partial charge in [-0.05, 0) is 38.5 Å². The molecule has 0 radical (unpaired) electrons. The van der Waals surface area contributed by atoms with E-state index in [1.54, 1.807) is 26.0 Å². The molecule has 1 aromatic heterocycles. The molecule has 0 aliphatic rings. The first kappa shape index (κ1) is 16.2. The van der Waals surface area contributed by atoms with Gasteiger partial charge in [0.25, 0.3) is 5.91 Å². The average Bonchev–Trinajstić information content (AvgIpc) is 2.77. The minimum Gasteiger partial charge on any atom is -0.361 e. The van der Waals surface area contributed by atoms with Gasteiger partial charge in [0, 0.05) is 6.26 Å². The van der Waals surface area contributed by atoms with E-state index in [0.717, 1.165) is 11.8 Å². The van der Waals surface area contributed by atoms with E-state index in [0.29, 0.717) is 17.0 Å². The van der Waals surface area contributed by atoms with Crippen LogP contribution >= 0.6 is 0 Å². The van der Waals surface area contributed by atoms with Crippen molar-refractivity contribution in [3.63, 3.8) is 0 Å². The Kier molecular flexibility index (Phi) is 4.37. The molecule has 1 N–H and O–H groups in total. The largest absolute Gasteiger partial charge is 0.361 e. The number of amides is 1. The Balaban J connectivity index is 2.16. The molecule has 0 aliphatic heterocycles. The molecular formula is C15H18N2O4S. The van der Waals surface area contributed by atoms with Gasteiger partial charge < -0.3 is 9.84 Å². The van der Waals surface area contributed by atoms with Crippen LogP contribution in [0.4, 0.5) is 0 Å². The molecule has 118 valence electrons. The SMILES string of the molecule is Cc1noc(C)c1C(=O)N[C@H](C)c1ccc(S(C)(=O)=O)cc1. The van der Waals surface area contributed by atoms with E-state index in [1.165, 1.54) is 12.1 Å². The van der Waals surface area contributed by atoms with Crippen LogP contribution in [0.3, 0.4) is 0 Å². The molecule has 0 saturated carbocycles. The average molecular weight is 322 g/mol. The minimum absolute atomic E-state index is 0.250. The first-order valence-corrected chi connectivity index (χ1v) is 8.63. The van der Waals surface area contributed by atoms with Crippen LogP contribution < -0.4 is 5.32 Å². The minimum atomic E-state index is -3.22. The summed E-state index contributed by atoms with van der Waals surface area (Å²) in [6, 6.07) is 6.17. The fourth-order valence-corrected chi connectivity index (χ4v) is 2.79. The zero-order chi connectivity index (χ0) is 16.5. The number of hydrogen-bond acceptors (Lipinski definition) is 5. The van der Waals surface area contributed by atoms with E-state index in [2.05, 4.69) is 10.5 Å². The Labute approximate surface area is 129 Å². The normalized spacial score (nSPS) is 12.9. The summed E-state index contributed by atoms with van der Waals surface area (Å²) in [7, 11) is -3.22. The zero-order valence-corrected chi connectivity index (χ0v) is 13.7. The van der Waals surface area contributed by atoms with E-state index in [-0.39, 0.29) is 16.8 Å². The number of benzene rings is 1. The number of aryl methyl sites for hydroxylation is 2. The highest BCUT2D eigenvalue weighted by molar-refractivity contribution is 7.90. The molecule has 0 bridgehead atoms. The van der Waals surface area contributed by atoms with Crippen molar-refractivity contribution >= 4 is 15.7 Å². The number of nitrogens with zero attached hydrogens (tertiary/aromatic N) is 1. The van der Waals surface area contributed by atoms with Gasteiger partial charge in [0.05, 0.1) is 16.6 Å². The fraction of sp³-hybridized carbons (Fsp3) is 0.333. The quantitative estimate of drug-likeness (QED) is 0.932. The molecule has 7 heteroatoms. The van der Waals surface area contributed by atoms with Gasteiger partial charge in [-0.25, -0.2) is 8.42 Å². The van der Waals surface area contributed by atoms with Crippen molar-refractivity contribution in [2.24, 2.45) is 0 Å². The highest BCUT2D eigenvalue weighted by atomic mass is 32.2. The number of rotatable bonds is 4. The monoisotopic (exact) mass is 322 g/mol. The summed E-state index contributed by atoms with van der Waals surface area (Å²) < 4.78 is 27.8. The zero-order valence-electron chi connectivity index (χ0n) is 12.9. The Morgan fingerprint density at radius 1 is 1.23 bits per heavy atom. The molecule has 22 heavy (non-hydrogen) atoms. The number of aromatic nitrogens is 1. The van der Waals surface area contributed by atoms with E-state index in [9.17, 15) is 13.2 Å². The predicted octanol–water partition coefficient (Wildman–Crippen LogP) is 2.19. The number of nitrogens with one attached hydrogen (secondary N) is 1. The van der Waals surface area contributed by atoms with Gasteiger partial charge in [-0.15, -0.1) is 0 Å². The lowest BCUT2D eigenvalue weighted by Gasteiger charge is -2.14. The van der Waals surface area contributed by atoms with Crippen molar-refractivity contribution in [1.29, 1.82) is 0 Å². The lowest BCUT2D eigenvalue weighted by molar-refractivity contribution is 0.0938. The van der Waals surface area contributed by atoms with Gasteiger partial charge in [0.2, 0.25) is 0 Å². The molecule has 1 atom stereocenters. The highest BCUT2D eigenvalue weighted by Gasteiger charge is 2.19. The molecule has 0 aliphatic carbocycles. The third-order valence-corrected chi connectivity index (χ3v) is 4.54. The summed E-state index contributed by atoms with van der Waals surface area (Å²) in [6.45, 7) is 5.21. The van der Waals surface area contributed by atoms with Gasteiger partial charge in [-0.1, -0.05) is 17.3 Å². The van der Waals surface area contributed by atoms with Crippen molar-refractivity contribution in [2.45, 2.75) is 31.7 Å². The second-order valence-corrected chi connectivity index (χ2v) is 7.25. The van der Waals surface area contributed by atoms with Crippen molar-refractivity contribution < 1.29 is 17.7 Å². The summed E-state index contributed by atoms with van der Waals surface area (Å²) in [5, 5.41) is 6.60. The van der Waals surface area contributed by atoms with Crippen LogP contribution in [0.5, 0.6) is 0 Å². The smallest absolute Gasteiger partial charge is 0.257 e. The van der Waals surface area contributed by atoms with Crippen LogP contribution in [0.2, 0.25) is 0 Å². The van der Waals surface area contributed by atoms with Crippen LogP contribution in [0.25, 0.3) is 0 Å². The maximum atomic E-state index is 12.3. The Morgan fingerprint density at radius 3 is 2.27 bits per heavy atom. The summed E-state index contributed by atoms with van der Waals surface area (Å²) >= 11 is 0. The first-order valence-electron chi connectivity index (χ1n) is 6.74. The van der Waals surface area contributed by atoms with Gasteiger partial charge in [-0.2, -0.15) is 0 Å². The topological polar surface area (TPSA) is 89.3 Å². The predicted molar refractivity (Wildman–Crippen MR) is 81.4 cm³/mol. The molecule has 2 rings (SSSR count). The molecule has 1 amide bonds. The Hall–Kier alpha value is -2.15. The first-order chi connectivity index (χ1) is 10.2. The number of carbonyl (C=O) groups is 1. The molecule has 0 saturated heterocycles. The van der Waals surface area contributed by atoms with Crippen molar-refractivity contribution in [1.82, 2.24) is 10.5 Å². The van der Waals surface area contributed by atoms with Crippen molar-refractivity contribution in [3.8, 4) is 0 Å². The lowest BCUT2D eigenvalue weighted by atomic mass is 10.1. The lowest BCUT2D eigenvalue weighted by Crippen LogP contribution is -2.27. The third-order valence-electron chi connectivity index (χ3n) is 3.42. The van der Waals surface area contributed by atoms with Crippen molar-refractivity contribution in [3.05, 3.63) is 46.8 Å². The summed E-state index contributed by atoms with van der Waals surface area (Å²) in [5.74, 6) is 0.200. The van der Waals surface area contributed by atoms with Crippen molar-refractivity contribution in [2.75, 3.05) is 6.26 Å². The molecule has 6 nitrogen and oxygen atoms in total. The maximum absolute atomic E-state index is 12.3. The van der Waals surface area contributed by atoms with Crippen LogP contribution in [-0.2, 0) is 9.84 Å². The number of carbonyl (C=O) groups excluding carboxylic acids is 1. The Morgan fingerprint density at radius 2 is 1.82 bits per heavy atom. The molecule has 0 unspecified atom stereocenters. The van der Waals surface area contributed by atoms with Crippen LogP contribution in [0.1, 0.15) is 40.3 Å². The van der Waals surface area contributed by atoms with Gasteiger partial charge in [-0.3, -0.25) is 4.79 Å². The van der Waals surface area contributed by atoms with Crippen LogP contribution in [-0.4, -0.2) is 25.7 Å². The number of sulfone groups is 1. The maximum Gasteiger partial charge on any atom is 0.257 e. The van der Waals surface area contributed by atoms with Crippen LogP contribution in [0.15, 0.2) is 33.7 Å². The molecule has 1 aromatic carbocycles. The number of hydrogen-bond donors (Lipinski definition) is 1. The molecule has 1 heterocycles. The van der Waals surface area contributed by atoms with E-state index >= 15 is 0 Å². The molecule has 0 fully saturated rings. The Bertz CT molecular complexity index is 772. The highest BCUT2D eigenvalue weighted by Crippen LogP contribution is 2.18. The fourth-order valence-electron chi connectivity index (χ4n) is 2.16. The summed E-state index contributed by atoms with van der Waals surface area (Å²) in [6.07, 6.45) is 1.16. The molecule has 2 aromatic rings. The second-order valence-electron chi connectivity index (χ2n) is 5.24.